The van der Waals surface area contributed by atoms with E-state index in [0.29, 0.717) is 17.1 Å². The molecule has 0 fully saturated rings. The number of nitrogens with two attached hydrogens (primary N) is 3. The van der Waals surface area contributed by atoms with E-state index in [1.165, 1.54) is 0 Å². The topological polar surface area (TPSA) is 78.1 Å². The van der Waals surface area contributed by atoms with Gasteiger partial charge in [0, 0.05) is 11.4 Å². The maximum atomic E-state index is 5.29. The van der Waals surface area contributed by atoms with Crippen LogP contribution in [-0.2, 0) is 0 Å². The molecule has 0 aromatic carbocycles. The lowest BCUT2D eigenvalue weighted by molar-refractivity contribution is 1.15. The van der Waals surface area contributed by atoms with E-state index in [4.69, 9.17) is 17.2 Å². The molecule has 0 saturated carbocycles. The molecule has 0 aromatic heterocycles. The zero-order valence-electron chi connectivity index (χ0n) is 4.94. The lowest BCUT2D eigenvalue weighted by Crippen LogP contribution is -2.13. The predicted molar refractivity (Wildman–Crippen MR) is 34.4 cm³/mol. The highest BCUT2D eigenvalue weighted by molar-refractivity contribution is 5.24. The Morgan fingerprint density at radius 1 is 1.25 bits per heavy atom. The van der Waals surface area contributed by atoms with Crippen LogP contribution in [0.1, 0.15) is 6.92 Å². The molecule has 8 heavy (non-hydrogen) atoms. The maximum absolute atomic E-state index is 5.29. The van der Waals surface area contributed by atoms with Crippen molar-refractivity contribution in [2.24, 2.45) is 17.2 Å². The molecule has 0 saturated heterocycles. The quantitative estimate of drug-likeness (QED) is 0.405. The largest absolute Gasteiger partial charge is 0.401 e. The van der Waals surface area contributed by atoms with Gasteiger partial charge in [0.05, 0.1) is 5.70 Å². The third-order valence-corrected chi connectivity index (χ3v) is 0.771. The molecule has 0 aliphatic heterocycles. The van der Waals surface area contributed by atoms with E-state index >= 15 is 0 Å². The van der Waals surface area contributed by atoms with Crippen LogP contribution in [0.15, 0.2) is 23.7 Å². The number of hydrogen-bond donors (Lipinski definition) is 3. The van der Waals surface area contributed by atoms with Crippen molar-refractivity contribution < 1.29 is 0 Å². The molecule has 46 valence electrons. The third-order valence-electron chi connectivity index (χ3n) is 0.771. The molecule has 0 rings (SSSR count). The normalized spacial score (nSPS) is 12.6. The van der Waals surface area contributed by atoms with Gasteiger partial charge in [0.25, 0.3) is 0 Å². The van der Waals surface area contributed by atoms with Crippen LogP contribution >= 0.6 is 0 Å². The molecule has 3 nitrogen and oxygen atoms in total. The molecule has 0 bridgehead atoms. The summed E-state index contributed by atoms with van der Waals surface area (Å²) in [6.45, 7) is 5.07. The number of rotatable bonds is 1. The second-order valence-electron chi connectivity index (χ2n) is 1.62. The highest BCUT2D eigenvalue weighted by atomic mass is 14.7. The first-order chi connectivity index (χ1) is 3.55. The van der Waals surface area contributed by atoms with Crippen molar-refractivity contribution in [1.29, 1.82) is 0 Å². The molecule has 0 unspecified atom stereocenters. The van der Waals surface area contributed by atoms with E-state index < -0.39 is 0 Å². The summed E-state index contributed by atoms with van der Waals surface area (Å²) in [4.78, 5) is 0. The Morgan fingerprint density at radius 3 is 1.62 bits per heavy atom. The van der Waals surface area contributed by atoms with Gasteiger partial charge in [-0.15, -0.1) is 0 Å². The van der Waals surface area contributed by atoms with E-state index in [9.17, 15) is 0 Å². The van der Waals surface area contributed by atoms with Gasteiger partial charge in [0.2, 0.25) is 0 Å². The van der Waals surface area contributed by atoms with Gasteiger partial charge in [-0.3, -0.25) is 0 Å². The molecule has 0 heterocycles. The lowest BCUT2D eigenvalue weighted by Gasteiger charge is -1.99. The molecule has 3 heteroatoms. The fourth-order valence-corrected chi connectivity index (χ4v) is 0.253. The zero-order chi connectivity index (χ0) is 6.73. The fourth-order valence-electron chi connectivity index (χ4n) is 0.253. The van der Waals surface area contributed by atoms with Crippen LogP contribution < -0.4 is 17.2 Å². The van der Waals surface area contributed by atoms with E-state index in [1.54, 1.807) is 6.92 Å². The van der Waals surface area contributed by atoms with Crippen molar-refractivity contribution in [3.63, 3.8) is 0 Å². The highest BCUT2D eigenvalue weighted by Crippen LogP contribution is 1.93. The van der Waals surface area contributed by atoms with Gasteiger partial charge in [-0.2, -0.15) is 0 Å². The first-order valence-electron chi connectivity index (χ1n) is 2.22. The summed E-state index contributed by atoms with van der Waals surface area (Å²) in [5.41, 5.74) is 16.9. The summed E-state index contributed by atoms with van der Waals surface area (Å²) < 4.78 is 0. The average Bonchev–Trinajstić information content (AvgIpc) is 1.64. The van der Waals surface area contributed by atoms with Crippen LogP contribution in [0.4, 0.5) is 0 Å². The molecular formula is C5H11N3. The standard InChI is InChI=1S/C5H11N3/c1-3(6)5(8)4(2)7/h1,6-8H2,2H3/b5-4-. The second-order valence-corrected chi connectivity index (χ2v) is 1.62. The molecule has 0 aromatic rings. The van der Waals surface area contributed by atoms with Crippen LogP contribution in [0.25, 0.3) is 0 Å². The average molecular weight is 113 g/mol. The van der Waals surface area contributed by atoms with Crippen molar-refractivity contribution in [1.82, 2.24) is 0 Å². The van der Waals surface area contributed by atoms with E-state index in [1.807, 2.05) is 0 Å². The number of allylic oxidation sites excluding steroid dienone is 1. The van der Waals surface area contributed by atoms with Crippen LogP contribution in [0, 0.1) is 0 Å². The zero-order valence-corrected chi connectivity index (χ0v) is 4.94. The molecule has 0 spiro atoms. The molecule has 0 aliphatic rings. The minimum absolute atomic E-state index is 0.324. The van der Waals surface area contributed by atoms with Crippen molar-refractivity contribution >= 4 is 0 Å². The SMILES string of the molecule is C=C(N)/C(N)=C(\C)N. The van der Waals surface area contributed by atoms with Gasteiger partial charge in [-0.25, -0.2) is 0 Å². The Balaban J connectivity index is 4.23. The maximum Gasteiger partial charge on any atom is 0.0729 e. The van der Waals surface area contributed by atoms with E-state index in [-0.39, 0.29) is 0 Å². The summed E-state index contributed by atoms with van der Waals surface area (Å²) in [7, 11) is 0. The van der Waals surface area contributed by atoms with Gasteiger partial charge in [0.15, 0.2) is 0 Å². The van der Waals surface area contributed by atoms with Crippen LogP contribution in [0.5, 0.6) is 0 Å². The summed E-state index contributed by atoms with van der Waals surface area (Å²) in [6, 6.07) is 0. The van der Waals surface area contributed by atoms with Gasteiger partial charge in [-0.1, -0.05) is 6.58 Å². The Morgan fingerprint density at radius 2 is 1.62 bits per heavy atom. The number of hydrogen-bond acceptors (Lipinski definition) is 3. The van der Waals surface area contributed by atoms with Gasteiger partial charge in [0.1, 0.15) is 0 Å². The third kappa shape index (κ3) is 1.55. The molecule has 0 amide bonds. The fraction of sp³-hybridized carbons (Fsp3) is 0.200. The minimum Gasteiger partial charge on any atom is -0.401 e. The minimum atomic E-state index is 0.324. The Bertz CT molecular complexity index is 131. The van der Waals surface area contributed by atoms with Crippen molar-refractivity contribution in [2.45, 2.75) is 6.92 Å². The molecular weight excluding hydrogens is 102 g/mol. The second kappa shape index (κ2) is 2.26. The van der Waals surface area contributed by atoms with Gasteiger partial charge < -0.3 is 17.2 Å². The van der Waals surface area contributed by atoms with Gasteiger partial charge in [-0.05, 0) is 6.92 Å². The van der Waals surface area contributed by atoms with Crippen LogP contribution in [0.3, 0.4) is 0 Å². The van der Waals surface area contributed by atoms with Crippen molar-refractivity contribution in [3.8, 4) is 0 Å². The van der Waals surface area contributed by atoms with Crippen molar-refractivity contribution in [3.05, 3.63) is 23.7 Å². The first-order valence-corrected chi connectivity index (χ1v) is 2.22. The lowest BCUT2D eigenvalue weighted by atomic mass is 10.3. The monoisotopic (exact) mass is 113 g/mol. The van der Waals surface area contributed by atoms with E-state index in [2.05, 4.69) is 6.58 Å². The van der Waals surface area contributed by atoms with Crippen molar-refractivity contribution in [2.75, 3.05) is 0 Å². The summed E-state index contributed by atoms with van der Waals surface area (Å²) in [5.74, 6) is 0. The first kappa shape index (κ1) is 6.88. The molecule has 6 N–H and O–H groups in total. The summed E-state index contributed by atoms with van der Waals surface area (Å²) >= 11 is 0. The molecule has 0 atom stereocenters. The van der Waals surface area contributed by atoms with E-state index in [0.717, 1.165) is 0 Å². The molecule has 0 radical (unpaired) electrons. The Hall–Kier alpha value is -1.12. The predicted octanol–water partition coefficient (Wildman–Crippen LogP) is -0.392. The Kier molecular flexibility index (Phi) is 1.94. The molecule has 0 aliphatic carbocycles. The van der Waals surface area contributed by atoms with Crippen LogP contribution in [-0.4, -0.2) is 0 Å². The van der Waals surface area contributed by atoms with Crippen LogP contribution in [0.2, 0.25) is 0 Å². The summed E-state index contributed by atoms with van der Waals surface area (Å²) in [5, 5.41) is 0. The Labute approximate surface area is 48.8 Å². The summed E-state index contributed by atoms with van der Waals surface area (Å²) in [6.07, 6.45) is 0. The van der Waals surface area contributed by atoms with Gasteiger partial charge >= 0.3 is 0 Å². The highest BCUT2D eigenvalue weighted by Gasteiger charge is 1.91. The smallest absolute Gasteiger partial charge is 0.0729 e.